The molecule has 2 nitrogen and oxygen atoms in total. The summed E-state index contributed by atoms with van der Waals surface area (Å²) in [5.41, 5.74) is 0. The summed E-state index contributed by atoms with van der Waals surface area (Å²) in [5, 5.41) is 0. The minimum atomic E-state index is 0.124. The Balaban J connectivity index is 2.38. The Labute approximate surface area is 73.9 Å². The van der Waals surface area contributed by atoms with E-state index < -0.39 is 0 Å². The van der Waals surface area contributed by atoms with Crippen LogP contribution in [-0.4, -0.2) is 23.9 Å². The van der Waals surface area contributed by atoms with Gasteiger partial charge in [0.15, 0.2) is 0 Å². The Bertz CT molecular complexity index is 185. The highest BCUT2D eigenvalue weighted by molar-refractivity contribution is 5.78. The van der Waals surface area contributed by atoms with Gasteiger partial charge in [-0.25, -0.2) is 0 Å². The molecule has 0 bridgehead atoms. The number of likely N-dealkylation sites (tertiary alicyclic amines) is 1. The average Bonchev–Trinajstić information content (AvgIpc) is 2.32. The first-order valence-corrected chi connectivity index (χ1v) is 4.56. The van der Waals surface area contributed by atoms with E-state index in [1.54, 1.807) is 0 Å². The van der Waals surface area contributed by atoms with Crippen LogP contribution >= 0.6 is 0 Å². The van der Waals surface area contributed by atoms with Crippen molar-refractivity contribution in [3.63, 3.8) is 0 Å². The summed E-state index contributed by atoms with van der Waals surface area (Å²) in [6, 6.07) is 0. The average molecular weight is 165 g/mol. The third kappa shape index (κ3) is 2.58. The quantitative estimate of drug-likeness (QED) is 0.538. The van der Waals surface area contributed by atoms with E-state index in [9.17, 15) is 4.79 Å². The standard InChI is InChI=1S/C10H15NO/c1-2-7-10(12)11-8-5-3-4-6-9-11/h1H,3-9H2. The lowest BCUT2D eigenvalue weighted by Gasteiger charge is -2.18. The van der Waals surface area contributed by atoms with Gasteiger partial charge in [0.25, 0.3) is 0 Å². The first kappa shape index (κ1) is 9.12. The summed E-state index contributed by atoms with van der Waals surface area (Å²) >= 11 is 0. The van der Waals surface area contributed by atoms with Crippen molar-refractivity contribution in [1.29, 1.82) is 0 Å². The van der Waals surface area contributed by atoms with Crippen molar-refractivity contribution in [1.82, 2.24) is 4.90 Å². The molecule has 1 aliphatic rings. The monoisotopic (exact) mass is 165 g/mol. The van der Waals surface area contributed by atoms with Gasteiger partial charge >= 0.3 is 0 Å². The SMILES string of the molecule is C#CCC(=O)N1CCCCCC1. The molecule has 0 aliphatic carbocycles. The molecule has 1 fully saturated rings. The maximum Gasteiger partial charge on any atom is 0.234 e. The molecule has 0 saturated carbocycles. The second kappa shape index (κ2) is 4.82. The number of carbonyl (C=O) groups is 1. The molecule has 0 aromatic heterocycles. The second-order valence-electron chi connectivity index (χ2n) is 3.18. The lowest BCUT2D eigenvalue weighted by Crippen LogP contribution is -2.31. The van der Waals surface area contributed by atoms with Crippen LogP contribution in [0.25, 0.3) is 0 Å². The fourth-order valence-electron chi connectivity index (χ4n) is 1.52. The third-order valence-corrected chi connectivity index (χ3v) is 2.21. The Morgan fingerprint density at radius 2 is 1.83 bits per heavy atom. The molecule has 12 heavy (non-hydrogen) atoms. The van der Waals surface area contributed by atoms with Gasteiger partial charge in [0.2, 0.25) is 5.91 Å². The molecule has 2 heteroatoms. The smallest absolute Gasteiger partial charge is 0.234 e. The number of terminal acetylenes is 1. The molecule has 0 aromatic carbocycles. The van der Waals surface area contributed by atoms with Gasteiger partial charge in [-0.2, -0.15) is 0 Å². The molecule has 0 atom stereocenters. The topological polar surface area (TPSA) is 20.3 Å². The number of carbonyl (C=O) groups excluding carboxylic acids is 1. The van der Waals surface area contributed by atoms with Gasteiger partial charge in [0, 0.05) is 13.1 Å². The van der Waals surface area contributed by atoms with Gasteiger partial charge in [0.05, 0.1) is 6.42 Å². The zero-order valence-corrected chi connectivity index (χ0v) is 7.38. The van der Waals surface area contributed by atoms with Crippen LogP contribution in [0.1, 0.15) is 32.1 Å². The molecular weight excluding hydrogens is 150 g/mol. The van der Waals surface area contributed by atoms with Crippen molar-refractivity contribution in [2.75, 3.05) is 13.1 Å². The van der Waals surface area contributed by atoms with Crippen molar-refractivity contribution in [2.45, 2.75) is 32.1 Å². The first-order chi connectivity index (χ1) is 5.84. The first-order valence-electron chi connectivity index (χ1n) is 4.56. The van der Waals surface area contributed by atoms with Gasteiger partial charge in [-0.05, 0) is 12.8 Å². The van der Waals surface area contributed by atoms with E-state index in [1.807, 2.05) is 4.90 Å². The van der Waals surface area contributed by atoms with Crippen LogP contribution in [0, 0.1) is 12.3 Å². The van der Waals surface area contributed by atoms with E-state index in [4.69, 9.17) is 6.42 Å². The third-order valence-electron chi connectivity index (χ3n) is 2.21. The van der Waals surface area contributed by atoms with Gasteiger partial charge in [0.1, 0.15) is 0 Å². The molecule has 1 saturated heterocycles. The van der Waals surface area contributed by atoms with Crippen molar-refractivity contribution < 1.29 is 4.79 Å². The van der Waals surface area contributed by atoms with Crippen molar-refractivity contribution >= 4 is 5.91 Å². The predicted octanol–water partition coefficient (Wildman–Crippen LogP) is 1.41. The highest BCUT2D eigenvalue weighted by Gasteiger charge is 2.13. The Morgan fingerprint density at radius 1 is 1.25 bits per heavy atom. The molecule has 1 heterocycles. The molecular formula is C10H15NO. The molecule has 66 valence electrons. The Morgan fingerprint density at radius 3 is 2.33 bits per heavy atom. The molecule has 0 unspecified atom stereocenters. The van der Waals surface area contributed by atoms with E-state index in [1.165, 1.54) is 12.8 Å². The zero-order chi connectivity index (χ0) is 8.81. The predicted molar refractivity (Wildman–Crippen MR) is 48.5 cm³/mol. The molecule has 0 N–H and O–H groups in total. The summed E-state index contributed by atoms with van der Waals surface area (Å²) in [4.78, 5) is 13.2. The lowest BCUT2D eigenvalue weighted by atomic mass is 10.2. The number of rotatable bonds is 1. The number of hydrogen-bond donors (Lipinski definition) is 0. The molecule has 0 aromatic rings. The fourth-order valence-corrected chi connectivity index (χ4v) is 1.52. The summed E-state index contributed by atoms with van der Waals surface area (Å²) in [7, 11) is 0. The fraction of sp³-hybridized carbons (Fsp3) is 0.700. The van der Waals surface area contributed by atoms with Crippen molar-refractivity contribution in [3.8, 4) is 12.3 Å². The van der Waals surface area contributed by atoms with Crippen molar-refractivity contribution in [2.24, 2.45) is 0 Å². The van der Waals surface area contributed by atoms with Gasteiger partial charge in [-0.15, -0.1) is 6.42 Å². The van der Waals surface area contributed by atoms with Gasteiger partial charge in [-0.1, -0.05) is 18.8 Å². The van der Waals surface area contributed by atoms with E-state index in [0.717, 1.165) is 25.9 Å². The van der Waals surface area contributed by atoms with Gasteiger partial charge < -0.3 is 4.90 Å². The summed E-state index contributed by atoms with van der Waals surface area (Å²) in [6.07, 6.45) is 10.1. The van der Waals surface area contributed by atoms with Crippen molar-refractivity contribution in [3.05, 3.63) is 0 Å². The molecule has 1 amide bonds. The minimum Gasteiger partial charge on any atom is -0.342 e. The maximum absolute atomic E-state index is 11.3. The summed E-state index contributed by atoms with van der Waals surface area (Å²) in [5.74, 6) is 2.52. The Hall–Kier alpha value is -0.970. The highest BCUT2D eigenvalue weighted by atomic mass is 16.2. The van der Waals surface area contributed by atoms with Crippen LogP contribution in [0.5, 0.6) is 0 Å². The van der Waals surface area contributed by atoms with E-state index in [-0.39, 0.29) is 12.3 Å². The largest absolute Gasteiger partial charge is 0.342 e. The zero-order valence-electron chi connectivity index (χ0n) is 7.38. The van der Waals surface area contributed by atoms with Crippen LogP contribution in [0.3, 0.4) is 0 Å². The Kier molecular flexibility index (Phi) is 3.66. The molecule has 0 radical (unpaired) electrons. The number of hydrogen-bond acceptors (Lipinski definition) is 1. The number of nitrogens with zero attached hydrogens (tertiary/aromatic N) is 1. The maximum atomic E-state index is 11.3. The van der Waals surface area contributed by atoms with E-state index in [2.05, 4.69) is 5.92 Å². The molecule has 1 rings (SSSR count). The summed E-state index contributed by atoms with van der Waals surface area (Å²) < 4.78 is 0. The van der Waals surface area contributed by atoms with Crippen LogP contribution < -0.4 is 0 Å². The lowest BCUT2D eigenvalue weighted by molar-refractivity contribution is -0.130. The normalized spacial score (nSPS) is 18.1. The van der Waals surface area contributed by atoms with Crippen LogP contribution in [0.4, 0.5) is 0 Å². The second-order valence-corrected chi connectivity index (χ2v) is 3.18. The number of amides is 1. The van der Waals surface area contributed by atoms with E-state index >= 15 is 0 Å². The van der Waals surface area contributed by atoms with E-state index in [0.29, 0.717) is 0 Å². The minimum absolute atomic E-state index is 0.124. The van der Waals surface area contributed by atoms with Crippen LogP contribution in [0.15, 0.2) is 0 Å². The molecule has 0 spiro atoms. The van der Waals surface area contributed by atoms with Crippen LogP contribution in [-0.2, 0) is 4.79 Å². The summed E-state index contributed by atoms with van der Waals surface area (Å²) in [6.45, 7) is 1.81. The highest BCUT2D eigenvalue weighted by Crippen LogP contribution is 2.10. The van der Waals surface area contributed by atoms with Crippen LogP contribution in [0.2, 0.25) is 0 Å². The van der Waals surface area contributed by atoms with Gasteiger partial charge in [-0.3, -0.25) is 4.79 Å². The molecule has 1 aliphatic heterocycles.